The molecule has 2 nitrogen and oxygen atoms in total. The fourth-order valence-corrected chi connectivity index (χ4v) is 12.2. The molecule has 0 fully saturated rings. The van der Waals surface area contributed by atoms with Crippen LogP contribution in [0.1, 0.15) is 55.6 Å². The molecule has 72 heavy (non-hydrogen) atoms. The van der Waals surface area contributed by atoms with Crippen molar-refractivity contribution < 1.29 is 0 Å². The van der Waals surface area contributed by atoms with Gasteiger partial charge in [-0.2, -0.15) is 0 Å². The normalized spacial score (nSPS) is 13.4. The first-order valence-electron chi connectivity index (χ1n) is 25.1. The van der Waals surface area contributed by atoms with Crippen LogP contribution in [0.25, 0.3) is 22.3 Å². The monoisotopic (exact) mass is 920 g/mol. The highest BCUT2D eigenvalue weighted by Gasteiger charge is 2.47. The van der Waals surface area contributed by atoms with Crippen LogP contribution in [0.3, 0.4) is 0 Å². The molecule has 13 rings (SSSR count). The summed E-state index contributed by atoms with van der Waals surface area (Å²) in [5.41, 5.74) is 23.5. The number of rotatable bonds is 10. The van der Waals surface area contributed by atoms with Crippen molar-refractivity contribution in [3.8, 4) is 22.3 Å². The maximum Gasteiger partial charge on any atom is 0.0713 e. The molecular formula is C70H52N2. The lowest BCUT2D eigenvalue weighted by molar-refractivity contribution is 0.768. The molecule has 0 aromatic heterocycles. The van der Waals surface area contributed by atoms with Crippen LogP contribution in [0.4, 0.5) is 34.1 Å². The molecule has 0 unspecified atom stereocenters. The summed E-state index contributed by atoms with van der Waals surface area (Å²) in [6.07, 6.45) is 0. The van der Waals surface area contributed by atoms with Gasteiger partial charge >= 0.3 is 0 Å². The summed E-state index contributed by atoms with van der Waals surface area (Å²) >= 11 is 0. The predicted octanol–water partition coefficient (Wildman–Crippen LogP) is 18.0. The van der Waals surface area contributed by atoms with Gasteiger partial charge in [-0.05, 0) is 153 Å². The summed E-state index contributed by atoms with van der Waals surface area (Å²) in [6.45, 7) is 4.30. The molecule has 11 aromatic rings. The van der Waals surface area contributed by atoms with E-state index in [1.54, 1.807) is 0 Å². The first kappa shape index (κ1) is 43.1. The summed E-state index contributed by atoms with van der Waals surface area (Å²) in [6, 6.07) is 103. The molecule has 0 saturated heterocycles. The van der Waals surface area contributed by atoms with Crippen LogP contribution < -0.4 is 9.80 Å². The molecule has 11 aromatic carbocycles. The van der Waals surface area contributed by atoms with Gasteiger partial charge in [-0.1, -0.05) is 217 Å². The van der Waals surface area contributed by atoms with Crippen molar-refractivity contribution in [3.05, 3.63) is 335 Å². The number of fused-ring (bicyclic) bond motifs is 6. The molecule has 342 valence electrons. The van der Waals surface area contributed by atoms with Crippen LogP contribution in [-0.2, 0) is 10.8 Å². The van der Waals surface area contributed by atoms with E-state index in [4.69, 9.17) is 0 Å². The molecule has 0 aliphatic heterocycles. The second-order valence-electron chi connectivity index (χ2n) is 19.4. The number of benzene rings is 11. The van der Waals surface area contributed by atoms with E-state index in [0.717, 1.165) is 34.1 Å². The summed E-state index contributed by atoms with van der Waals surface area (Å²) in [4.78, 5) is 4.76. The molecule has 2 aliphatic rings. The van der Waals surface area contributed by atoms with Crippen LogP contribution in [-0.4, -0.2) is 0 Å². The van der Waals surface area contributed by atoms with Gasteiger partial charge in [-0.3, -0.25) is 0 Å². The Balaban J connectivity index is 0.908. The van der Waals surface area contributed by atoms with E-state index in [0.29, 0.717) is 0 Å². The fourth-order valence-electron chi connectivity index (χ4n) is 12.2. The molecule has 0 N–H and O–H groups in total. The van der Waals surface area contributed by atoms with Crippen molar-refractivity contribution in [1.29, 1.82) is 0 Å². The third kappa shape index (κ3) is 6.71. The Bertz CT molecular complexity index is 3390. The van der Waals surface area contributed by atoms with Crippen molar-refractivity contribution in [2.24, 2.45) is 0 Å². The maximum atomic E-state index is 2.38. The van der Waals surface area contributed by atoms with E-state index in [9.17, 15) is 0 Å². The number of hydrogen-bond acceptors (Lipinski definition) is 2. The second-order valence-corrected chi connectivity index (χ2v) is 19.4. The third-order valence-corrected chi connectivity index (χ3v) is 15.4. The van der Waals surface area contributed by atoms with Crippen molar-refractivity contribution >= 4 is 34.1 Å². The first-order chi connectivity index (χ1) is 35.5. The summed E-state index contributed by atoms with van der Waals surface area (Å²) in [7, 11) is 0. The quantitative estimate of drug-likeness (QED) is 0.135. The second kappa shape index (κ2) is 17.5. The van der Waals surface area contributed by atoms with Crippen molar-refractivity contribution in [3.63, 3.8) is 0 Å². The molecule has 0 heterocycles. The number of aryl methyl sites for hydroxylation is 2. The Morgan fingerprint density at radius 3 is 0.694 bits per heavy atom. The molecule has 0 bridgehead atoms. The van der Waals surface area contributed by atoms with E-state index < -0.39 is 10.8 Å². The zero-order chi connectivity index (χ0) is 48.2. The Kier molecular flexibility index (Phi) is 10.4. The van der Waals surface area contributed by atoms with Gasteiger partial charge in [-0.25, -0.2) is 0 Å². The highest BCUT2D eigenvalue weighted by molar-refractivity contribution is 5.89. The lowest BCUT2D eigenvalue weighted by atomic mass is 9.68. The average Bonchev–Trinajstić information content (AvgIpc) is 3.92. The van der Waals surface area contributed by atoms with Gasteiger partial charge in [-0.15, -0.1) is 0 Å². The van der Waals surface area contributed by atoms with E-state index in [2.05, 4.69) is 303 Å². The summed E-state index contributed by atoms with van der Waals surface area (Å²) < 4.78 is 0. The van der Waals surface area contributed by atoms with Crippen LogP contribution in [0, 0.1) is 13.8 Å². The lowest BCUT2D eigenvalue weighted by Crippen LogP contribution is -2.28. The van der Waals surface area contributed by atoms with Crippen LogP contribution >= 0.6 is 0 Å². The lowest BCUT2D eigenvalue weighted by Gasteiger charge is -2.34. The molecule has 2 heteroatoms. The molecule has 0 atom stereocenters. The molecule has 0 amide bonds. The van der Waals surface area contributed by atoms with Crippen molar-refractivity contribution in [1.82, 2.24) is 0 Å². The van der Waals surface area contributed by atoms with E-state index in [1.807, 2.05) is 0 Å². The summed E-state index contributed by atoms with van der Waals surface area (Å²) in [5.74, 6) is 0. The van der Waals surface area contributed by atoms with Crippen molar-refractivity contribution in [2.75, 3.05) is 9.80 Å². The van der Waals surface area contributed by atoms with Gasteiger partial charge in [0.25, 0.3) is 0 Å². The molecule has 0 radical (unpaired) electrons. The maximum absolute atomic E-state index is 2.38. The Morgan fingerprint density at radius 2 is 0.417 bits per heavy atom. The Hall–Kier alpha value is -8.98. The Labute approximate surface area is 423 Å². The first-order valence-corrected chi connectivity index (χ1v) is 25.1. The van der Waals surface area contributed by atoms with Gasteiger partial charge in [0.1, 0.15) is 0 Å². The minimum atomic E-state index is -0.463. The average molecular weight is 921 g/mol. The molecule has 0 saturated carbocycles. The topological polar surface area (TPSA) is 6.48 Å². The molecule has 0 spiro atoms. The van der Waals surface area contributed by atoms with Gasteiger partial charge in [0.15, 0.2) is 0 Å². The number of hydrogen-bond donors (Lipinski definition) is 0. The SMILES string of the molecule is Cc1ccc(N(c2ccc(N(c3ccc(C)cc3)c3ccc(C4(c5ccccc5)c5ccccc5-c5ccccc54)cc3)cc2)c2ccc(C3(c4ccccc4)c4ccccc4-c4ccccc43)cc2)cc1. The van der Waals surface area contributed by atoms with Gasteiger partial charge < -0.3 is 9.80 Å². The van der Waals surface area contributed by atoms with Gasteiger partial charge in [0, 0.05) is 34.1 Å². The third-order valence-electron chi connectivity index (χ3n) is 15.4. The smallest absolute Gasteiger partial charge is 0.0713 e. The molecular weight excluding hydrogens is 869 g/mol. The number of nitrogens with zero attached hydrogens (tertiary/aromatic N) is 2. The van der Waals surface area contributed by atoms with E-state index >= 15 is 0 Å². The fraction of sp³-hybridized carbons (Fsp3) is 0.0571. The van der Waals surface area contributed by atoms with Crippen LogP contribution in [0.15, 0.2) is 279 Å². The van der Waals surface area contributed by atoms with Crippen LogP contribution in [0.5, 0.6) is 0 Å². The molecule has 2 aliphatic carbocycles. The minimum Gasteiger partial charge on any atom is -0.311 e. The highest BCUT2D eigenvalue weighted by Crippen LogP contribution is 2.58. The van der Waals surface area contributed by atoms with Gasteiger partial charge in [0.05, 0.1) is 10.8 Å². The minimum absolute atomic E-state index is 0.463. The van der Waals surface area contributed by atoms with Crippen LogP contribution in [0.2, 0.25) is 0 Å². The van der Waals surface area contributed by atoms with E-state index in [-0.39, 0.29) is 0 Å². The Morgan fingerprint density at radius 1 is 0.208 bits per heavy atom. The largest absolute Gasteiger partial charge is 0.311 e. The summed E-state index contributed by atoms with van der Waals surface area (Å²) in [5, 5.41) is 0. The zero-order valence-corrected chi connectivity index (χ0v) is 40.5. The zero-order valence-electron chi connectivity index (χ0n) is 40.5. The number of anilines is 6. The highest BCUT2D eigenvalue weighted by atomic mass is 15.2. The van der Waals surface area contributed by atoms with Crippen molar-refractivity contribution in [2.45, 2.75) is 24.7 Å². The van der Waals surface area contributed by atoms with E-state index in [1.165, 1.54) is 77.9 Å². The van der Waals surface area contributed by atoms with Gasteiger partial charge in [0.2, 0.25) is 0 Å². The predicted molar refractivity (Wildman–Crippen MR) is 300 cm³/mol. The standard InChI is InChI=1S/C70H52N2/c1-49-29-37-55(38-30-49)71(57-41-33-53(34-42-57)69(51-17-5-3-6-18-51)65-25-13-9-21-61(65)62-22-10-14-26-66(62)69)59-45-47-60(48-46-59)72(56-39-31-50(2)32-40-56)58-43-35-54(36-44-58)70(52-19-7-4-8-20-52)67-27-15-11-23-63(67)64-24-12-16-28-68(64)70/h3-48H,1-2H3.